The molecule has 0 aliphatic heterocycles. The number of benzene rings is 2. The third-order valence-corrected chi connectivity index (χ3v) is 8.98. The highest BCUT2D eigenvalue weighted by atomic mass is 32.1. The van der Waals surface area contributed by atoms with Crippen LogP contribution in [0.25, 0.3) is 31.7 Å². The minimum absolute atomic E-state index is 0.00334. The summed E-state index contributed by atoms with van der Waals surface area (Å²) in [5.41, 5.74) is -4.84. The highest BCUT2D eigenvalue weighted by Crippen LogP contribution is 2.66. The van der Waals surface area contributed by atoms with E-state index in [0.29, 0.717) is 4.70 Å². The number of rotatable bonds is 4. The molecule has 0 fully saturated rings. The maximum atomic E-state index is 15.5. The van der Waals surface area contributed by atoms with Crippen LogP contribution in [0.4, 0.5) is 39.5 Å². The van der Waals surface area contributed by atoms with E-state index in [1.54, 1.807) is 19.1 Å². The molecule has 1 aliphatic carbocycles. The summed E-state index contributed by atoms with van der Waals surface area (Å²) in [5.74, 6) is -16.2. The van der Waals surface area contributed by atoms with Crippen molar-refractivity contribution in [1.29, 1.82) is 0 Å². The topological polar surface area (TPSA) is 0 Å². The van der Waals surface area contributed by atoms with Crippen LogP contribution >= 0.6 is 22.7 Å². The Kier molecular flexibility index (Phi) is 6.07. The molecule has 0 atom stereocenters. The van der Waals surface area contributed by atoms with E-state index >= 15 is 17.6 Å². The van der Waals surface area contributed by atoms with Gasteiger partial charge in [-0.3, -0.25) is 0 Å². The van der Waals surface area contributed by atoms with Gasteiger partial charge < -0.3 is 0 Å². The molecule has 0 amide bonds. The summed E-state index contributed by atoms with van der Waals surface area (Å²) < 4.78 is 132. The molecule has 38 heavy (non-hydrogen) atoms. The van der Waals surface area contributed by atoms with Crippen LogP contribution in [0.2, 0.25) is 0 Å². The first-order chi connectivity index (χ1) is 17.6. The van der Waals surface area contributed by atoms with Crippen molar-refractivity contribution in [2.75, 3.05) is 0 Å². The molecule has 0 saturated heterocycles. The summed E-state index contributed by atoms with van der Waals surface area (Å²) in [6, 6.07) is 11.2. The van der Waals surface area contributed by atoms with Crippen LogP contribution in [-0.4, -0.2) is 17.8 Å². The van der Waals surface area contributed by atoms with Gasteiger partial charge in [-0.2, -0.15) is 39.5 Å². The summed E-state index contributed by atoms with van der Waals surface area (Å²) in [6.07, 6.45) is -4.54. The van der Waals surface area contributed by atoms with Crippen molar-refractivity contribution in [2.24, 2.45) is 0 Å². The van der Waals surface area contributed by atoms with Gasteiger partial charge in [0, 0.05) is 41.4 Å². The minimum atomic E-state index is -5.73. The molecule has 2 aromatic heterocycles. The quantitative estimate of drug-likeness (QED) is 0.212. The van der Waals surface area contributed by atoms with E-state index in [2.05, 4.69) is 0 Å². The molecule has 0 radical (unpaired) electrons. The van der Waals surface area contributed by atoms with Crippen LogP contribution in [0, 0.1) is 6.92 Å². The van der Waals surface area contributed by atoms with Gasteiger partial charge in [-0.1, -0.05) is 37.3 Å². The first-order valence-electron chi connectivity index (χ1n) is 11.3. The smallest absolute Gasteiger partial charge is 0.194 e. The minimum Gasteiger partial charge on any atom is -0.194 e. The van der Waals surface area contributed by atoms with Gasteiger partial charge in [0.2, 0.25) is 0 Å². The predicted octanol–water partition coefficient (Wildman–Crippen LogP) is 10.3. The van der Waals surface area contributed by atoms with Crippen molar-refractivity contribution in [3.05, 3.63) is 81.0 Å². The Bertz CT molecular complexity index is 1590. The van der Waals surface area contributed by atoms with Gasteiger partial charge >= 0.3 is 23.9 Å². The lowest BCUT2D eigenvalue weighted by Crippen LogP contribution is -2.48. The van der Waals surface area contributed by atoms with E-state index in [1.807, 2.05) is 0 Å². The third-order valence-electron chi connectivity index (χ3n) is 6.57. The molecule has 0 spiro atoms. The highest BCUT2D eigenvalue weighted by Gasteiger charge is 2.80. The van der Waals surface area contributed by atoms with Crippen molar-refractivity contribution < 1.29 is 39.5 Å². The molecule has 0 bridgehead atoms. The first-order valence-corrected chi connectivity index (χ1v) is 12.9. The summed E-state index contributed by atoms with van der Waals surface area (Å²) in [7, 11) is 0. The summed E-state index contributed by atoms with van der Waals surface area (Å²) >= 11 is 1.82. The number of fused-ring (bicyclic) bond motifs is 1. The van der Waals surface area contributed by atoms with Crippen LogP contribution < -0.4 is 0 Å². The zero-order valence-electron chi connectivity index (χ0n) is 19.6. The molecule has 200 valence electrons. The second kappa shape index (κ2) is 8.61. The number of allylic oxidation sites excluding steroid dienone is 2. The van der Waals surface area contributed by atoms with Gasteiger partial charge in [-0.25, -0.2) is 0 Å². The Hall–Kier alpha value is -2.79. The standard InChI is InChI=1S/C27H17F9S2/c1-3-18-21(16-9-4-5-10-19(16)38-18)23-22(24(28,29)27(35,36)25(23,30)31)17-12-20(37-13(17)2)14-7-6-8-15(11-14)26(32,33)34/h4-12H,3H2,1-2H3. The lowest BCUT2D eigenvalue weighted by Gasteiger charge is -2.26. The van der Waals surface area contributed by atoms with Crippen molar-refractivity contribution in [1.82, 2.24) is 0 Å². The Morgan fingerprint density at radius 3 is 2.11 bits per heavy atom. The second-order valence-electron chi connectivity index (χ2n) is 8.88. The van der Waals surface area contributed by atoms with Gasteiger partial charge in [0.1, 0.15) is 0 Å². The number of halogens is 9. The van der Waals surface area contributed by atoms with Crippen LogP contribution in [0.3, 0.4) is 0 Å². The number of hydrogen-bond acceptors (Lipinski definition) is 2. The Morgan fingerprint density at radius 2 is 1.45 bits per heavy atom. The second-order valence-corrected chi connectivity index (χ2v) is 11.3. The largest absolute Gasteiger partial charge is 0.416 e. The summed E-state index contributed by atoms with van der Waals surface area (Å²) in [6.45, 7) is 2.90. The summed E-state index contributed by atoms with van der Waals surface area (Å²) in [5, 5.41) is 0.154. The molecule has 0 saturated carbocycles. The molecule has 0 N–H and O–H groups in total. The van der Waals surface area contributed by atoms with E-state index in [0.717, 1.165) is 46.9 Å². The lowest BCUT2D eigenvalue weighted by atomic mass is 9.92. The van der Waals surface area contributed by atoms with Gasteiger partial charge in [0.15, 0.2) is 0 Å². The maximum Gasteiger partial charge on any atom is 0.416 e. The molecular formula is C27H17F9S2. The molecule has 0 nitrogen and oxygen atoms in total. The van der Waals surface area contributed by atoms with E-state index in [-0.39, 0.29) is 37.6 Å². The lowest BCUT2D eigenvalue weighted by molar-refractivity contribution is -0.254. The van der Waals surface area contributed by atoms with Crippen LogP contribution in [0.5, 0.6) is 0 Å². The number of alkyl halides is 9. The first kappa shape index (κ1) is 26.8. The predicted molar refractivity (Wildman–Crippen MR) is 132 cm³/mol. The van der Waals surface area contributed by atoms with Gasteiger partial charge in [0.05, 0.1) is 5.56 Å². The molecule has 2 heterocycles. The van der Waals surface area contributed by atoms with Crippen molar-refractivity contribution in [3.63, 3.8) is 0 Å². The molecule has 0 unspecified atom stereocenters. The Morgan fingerprint density at radius 1 is 0.789 bits per heavy atom. The van der Waals surface area contributed by atoms with Crippen molar-refractivity contribution in [2.45, 2.75) is 44.2 Å². The Labute approximate surface area is 219 Å². The monoisotopic (exact) mass is 576 g/mol. The summed E-state index contributed by atoms with van der Waals surface area (Å²) in [4.78, 5) is 0.296. The van der Waals surface area contributed by atoms with E-state index in [9.17, 15) is 22.0 Å². The van der Waals surface area contributed by atoms with Gasteiger partial charge in [-0.05, 0) is 48.7 Å². The molecule has 4 aromatic rings. The van der Waals surface area contributed by atoms with Gasteiger partial charge in [0.25, 0.3) is 0 Å². The fourth-order valence-corrected chi connectivity index (χ4v) is 6.92. The maximum absolute atomic E-state index is 15.5. The van der Waals surface area contributed by atoms with E-state index < -0.39 is 46.2 Å². The SMILES string of the molecule is CCc1sc2ccccc2c1C1=C(c2cc(-c3cccc(C(F)(F)F)c3)sc2C)C(F)(F)C(F)(F)C1(F)F. The fraction of sp³-hybridized carbons (Fsp3) is 0.259. The zero-order valence-corrected chi connectivity index (χ0v) is 21.3. The Balaban J connectivity index is 1.83. The highest BCUT2D eigenvalue weighted by molar-refractivity contribution is 7.19. The number of thiophene rings is 2. The molecular weight excluding hydrogens is 559 g/mol. The van der Waals surface area contributed by atoms with Crippen LogP contribution in [-0.2, 0) is 12.6 Å². The van der Waals surface area contributed by atoms with Crippen LogP contribution in [0.15, 0.2) is 54.6 Å². The van der Waals surface area contributed by atoms with Crippen LogP contribution in [0.1, 0.15) is 33.4 Å². The van der Waals surface area contributed by atoms with Gasteiger partial charge in [-0.15, -0.1) is 22.7 Å². The number of hydrogen-bond donors (Lipinski definition) is 0. The molecule has 11 heteroatoms. The average Bonchev–Trinajstić information content (AvgIpc) is 3.43. The van der Waals surface area contributed by atoms with E-state index in [1.165, 1.54) is 25.1 Å². The third kappa shape index (κ3) is 3.72. The zero-order chi connectivity index (χ0) is 27.8. The van der Waals surface area contributed by atoms with Crippen molar-refractivity contribution >= 4 is 43.9 Å². The molecule has 5 rings (SSSR count). The fourth-order valence-electron chi connectivity index (χ4n) is 4.75. The van der Waals surface area contributed by atoms with Crippen molar-refractivity contribution in [3.8, 4) is 10.4 Å². The molecule has 2 aromatic carbocycles. The normalized spacial score (nSPS) is 18.5. The molecule has 1 aliphatic rings. The number of aryl methyl sites for hydroxylation is 2. The average molecular weight is 577 g/mol. The van der Waals surface area contributed by atoms with E-state index in [4.69, 9.17) is 0 Å².